The molecule has 0 heterocycles. The van der Waals surface area contributed by atoms with Gasteiger partial charge in [0.25, 0.3) is 0 Å². The van der Waals surface area contributed by atoms with Gasteiger partial charge in [0, 0.05) is 0 Å². The molecule has 0 aliphatic heterocycles. The molecule has 0 saturated carbocycles. The van der Waals surface area contributed by atoms with E-state index in [1.807, 2.05) is 0 Å². The van der Waals surface area contributed by atoms with Crippen LogP contribution in [0.15, 0.2) is 0 Å². The molecule has 0 aromatic carbocycles. The average Bonchev–Trinajstić information content (AvgIpc) is 2.55. The van der Waals surface area contributed by atoms with Gasteiger partial charge in [0.2, 0.25) is 0 Å². The third-order valence-corrected chi connectivity index (χ3v) is 6.56. The summed E-state index contributed by atoms with van der Waals surface area (Å²) in [6.45, 7) is 16.8. The molecule has 0 N–H and O–H groups in total. The Morgan fingerprint density at radius 1 is 0.500 bits per heavy atom. The van der Waals surface area contributed by atoms with E-state index in [0.717, 1.165) is 29.6 Å². The summed E-state index contributed by atoms with van der Waals surface area (Å²) in [5.41, 5.74) is 0. The van der Waals surface area contributed by atoms with E-state index >= 15 is 0 Å². The van der Waals surface area contributed by atoms with Gasteiger partial charge in [-0.05, 0) is 48.9 Å². The maximum Gasteiger partial charge on any atom is -0.0394 e. The first-order valence-corrected chi connectivity index (χ1v) is 11.6. The van der Waals surface area contributed by atoms with Crippen molar-refractivity contribution in [2.45, 2.75) is 126 Å². The molecule has 0 fully saturated rings. The summed E-state index contributed by atoms with van der Waals surface area (Å²) in [6.07, 6.45) is 17.0. The first-order chi connectivity index (χ1) is 11.6. The van der Waals surface area contributed by atoms with E-state index in [1.165, 1.54) is 77.0 Å². The van der Waals surface area contributed by atoms with Crippen LogP contribution in [0.3, 0.4) is 0 Å². The van der Waals surface area contributed by atoms with Crippen molar-refractivity contribution < 1.29 is 0 Å². The Balaban J connectivity index is 4.74. The highest BCUT2D eigenvalue weighted by molar-refractivity contribution is 4.74. The Hall–Kier alpha value is 0. The van der Waals surface area contributed by atoms with Crippen LogP contribution in [0.4, 0.5) is 0 Å². The quantitative estimate of drug-likeness (QED) is 0.263. The third-order valence-electron chi connectivity index (χ3n) is 6.56. The maximum atomic E-state index is 2.53. The molecule has 0 radical (unpaired) electrons. The molecular weight excluding hydrogens is 288 g/mol. The predicted molar refractivity (Wildman–Crippen MR) is 113 cm³/mol. The molecular formula is C24H50. The molecule has 0 saturated heterocycles. The van der Waals surface area contributed by atoms with Gasteiger partial charge in [-0.15, -0.1) is 0 Å². The zero-order chi connectivity index (χ0) is 18.4. The van der Waals surface area contributed by atoms with Crippen LogP contribution in [0, 0.1) is 29.6 Å². The average molecular weight is 339 g/mol. The van der Waals surface area contributed by atoms with Crippen molar-refractivity contribution in [2.24, 2.45) is 29.6 Å². The SMILES string of the molecule is CCCC(CC)CC(CCC)CC(CCC)CC(C)C(CC)CC. The van der Waals surface area contributed by atoms with E-state index in [4.69, 9.17) is 0 Å². The Morgan fingerprint density at radius 2 is 0.917 bits per heavy atom. The monoisotopic (exact) mass is 338 g/mol. The van der Waals surface area contributed by atoms with Crippen LogP contribution in [-0.2, 0) is 0 Å². The summed E-state index contributed by atoms with van der Waals surface area (Å²) >= 11 is 0. The fraction of sp³-hybridized carbons (Fsp3) is 1.00. The van der Waals surface area contributed by atoms with Gasteiger partial charge >= 0.3 is 0 Å². The van der Waals surface area contributed by atoms with Crippen molar-refractivity contribution in [3.05, 3.63) is 0 Å². The van der Waals surface area contributed by atoms with E-state index in [0.29, 0.717) is 0 Å². The van der Waals surface area contributed by atoms with Crippen LogP contribution in [0.5, 0.6) is 0 Å². The minimum atomic E-state index is 0.913. The second kappa shape index (κ2) is 15.3. The summed E-state index contributed by atoms with van der Waals surface area (Å²) in [7, 11) is 0. The highest BCUT2D eigenvalue weighted by Crippen LogP contribution is 2.35. The summed E-state index contributed by atoms with van der Waals surface area (Å²) in [4.78, 5) is 0. The minimum absolute atomic E-state index is 0.913. The van der Waals surface area contributed by atoms with Gasteiger partial charge in [-0.3, -0.25) is 0 Å². The lowest BCUT2D eigenvalue weighted by molar-refractivity contribution is 0.212. The molecule has 0 nitrogen and oxygen atoms in total. The lowest BCUT2D eigenvalue weighted by Crippen LogP contribution is -2.19. The zero-order valence-corrected chi connectivity index (χ0v) is 18.4. The summed E-state index contributed by atoms with van der Waals surface area (Å²) in [6, 6.07) is 0. The van der Waals surface area contributed by atoms with E-state index < -0.39 is 0 Å². The molecule has 24 heavy (non-hydrogen) atoms. The highest BCUT2D eigenvalue weighted by atomic mass is 14.3. The standard InChI is InChI=1S/C24H50/c1-8-14-21(11-4)18-23(16-10-3)19-22(15-9-2)17-20(7)24(12-5)13-6/h20-24H,8-19H2,1-7H3. The Labute approximate surface area is 155 Å². The first-order valence-electron chi connectivity index (χ1n) is 11.6. The molecule has 0 bridgehead atoms. The van der Waals surface area contributed by atoms with Gasteiger partial charge < -0.3 is 0 Å². The normalized spacial score (nSPS) is 17.0. The van der Waals surface area contributed by atoms with E-state index in [1.54, 1.807) is 0 Å². The predicted octanol–water partition coefficient (Wildman–Crippen LogP) is 8.89. The molecule has 0 spiro atoms. The van der Waals surface area contributed by atoms with Gasteiger partial charge in [-0.2, -0.15) is 0 Å². The number of hydrogen-bond acceptors (Lipinski definition) is 0. The van der Waals surface area contributed by atoms with Crippen LogP contribution in [0.1, 0.15) is 126 Å². The van der Waals surface area contributed by atoms with Crippen molar-refractivity contribution in [1.82, 2.24) is 0 Å². The fourth-order valence-corrected chi connectivity index (χ4v) is 5.13. The molecule has 146 valence electrons. The second-order valence-electron chi connectivity index (χ2n) is 8.63. The van der Waals surface area contributed by atoms with Crippen LogP contribution in [0.25, 0.3) is 0 Å². The largest absolute Gasteiger partial charge is 0.0654 e. The Bertz CT molecular complexity index is 253. The third kappa shape index (κ3) is 10.1. The molecule has 0 aliphatic carbocycles. The molecule has 4 atom stereocenters. The molecule has 0 aromatic rings. The molecule has 0 rings (SSSR count). The van der Waals surface area contributed by atoms with Gasteiger partial charge in [0.1, 0.15) is 0 Å². The first kappa shape index (κ1) is 24.0. The lowest BCUT2D eigenvalue weighted by atomic mass is 9.76. The smallest absolute Gasteiger partial charge is 0.0394 e. The molecule has 4 unspecified atom stereocenters. The maximum absolute atomic E-state index is 2.53. The topological polar surface area (TPSA) is 0 Å². The summed E-state index contributed by atoms with van der Waals surface area (Å²) in [5.74, 6) is 4.79. The van der Waals surface area contributed by atoms with Gasteiger partial charge in [0.05, 0.1) is 0 Å². The van der Waals surface area contributed by atoms with Crippen molar-refractivity contribution in [1.29, 1.82) is 0 Å². The van der Waals surface area contributed by atoms with Crippen LogP contribution >= 0.6 is 0 Å². The Kier molecular flexibility index (Phi) is 15.3. The van der Waals surface area contributed by atoms with Crippen molar-refractivity contribution in [3.8, 4) is 0 Å². The lowest BCUT2D eigenvalue weighted by Gasteiger charge is -2.30. The van der Waals surface area contributed by atoms with Crippen molar-refractivity contribution in [2.75, 3.05) is 0 Å². The van der Waals surface area contributed by atoms with Crippen molar-refractivity contribution >= 4 is 0 Å². The fourth-order valence-electron chi connectivity index (χ4n) is 5.13. The number of hydrogen-bond donors (Lipinski definition) is 0. The second-order valence-corrected chi connectivity index (χ2v) is 8.63. The van der Waals surface area contributed by atoms with Crippen molar-refractivity contribution in [3.63, 3.8) is 0 Å². The van der Waals surface area contributed by atoms with Gasteiger partial charge in [-0.25, -0.2) is 0 Å². The van der Waals surface area contributed by atoms with E-state index in [-0.39, 0.29) is 0 Å². The van der Waals surface area contributed by atoms with Gasteiger partial charge in [0.15, 0.2) is 0 Å². The zero-order valence-electron chi connectivity index (χ0n) is 18.4. The molecule has 0 aliphatic rings. The Morgan fingerprint density at radius 3 is 1.33 bits per heavy atom. The molecule has 0 heteroatoms. The number of rotatable bonds is 16. The van der Waals surface area contributed by atoms with Gasteiger partial charge in [-0.1, -0.05) is 106 Å². The van der Waals surface area contributed by atoms with Crippen LogP contribution in [0.2, 0.25) is 0 Å². The summed E-state index contributed by atoms with van der Waals surface area (Å²) < 4.78 is 0. The molecule has 0 aromatic heterocycles. The summed E-state index contributed by atoms with van der Waals surface area (Å²) in [5, 5.41) is 0. The minimum Gasteiger partial charge on any atom is -0.0654 e. The van der Waals surface area contributed by atoms with Crippen LogP contribution in [-0.4, -0.2) is 0 Å². The van der Waals surface area contributed by atoms with Crippen LogP contribution < -0.4 is 0 Å². The van der Waals surface area contributed by atoms with E-state index in [9.17, 15) is 0 Å². The highest BCUT2D eigenvalue weighted by Gasteiger charge is 2.23. The van der Waals surface area contributed by atoms with E-state index in [2.05, 4.69) is 48.5 Å². The molecule has 0 amide bonds.